The van der Waals surface area contributed by atoms with Gasteiger partial charge in [0.15, 0.2) is 3.95 Å². The zero-order valence-electron chi connectivity index (χ0n) is 8.25. The third-order valence-corrected chi connectivity index (χ3v) is 3.88. The van der Waals surface area contributed by atoms with Crippen molar-refractivity contribution in [3.05, 3.63) is 3.95 Å². The molecule has 2 N–H and O–H groups in total. The Bertz CT molecular complexity index is 344. The van der Waals surface area contributed by atoms with Gasteiger partial charge < -0.3 is 5.32 Å². The number of hydrogen-bond acceptors (Lipinski definition) is 4. The van der Waals surface area contributed by atoms with Crippen molar-refractivity contribution in [2.75, 3.05) is 5.32 Å². The molecule has 0 aliphatic heterocycles. The molecule has 0 saturated heterocycles. The number of anilines is 1. The molecular formula is C9H15N3S2. The summed E-state index contributed by atoms with van der Waals surface area (Å²) in [5, 5.41) is 11.3. The number of nitrogens with one attached hydrogen (secondary N) is 2. The van der Waals surface area contributed by atoms with Crippen LogP contribution in [0.5, 0.6) is 0 Å². The van der Waals surface area contributed by atoms with Gasteiger partial charge in [0, 0.05) is 6.04 Å². The van der Waals surface area contributed by atoms with Gasteiger partial charge in [0.1, 0.15) is 0 Å². The second kappa shape index (κ2) is 4.40. The van der Waals surface area contributed by atoms with E-state index < -0.39 is 0 Å². The highest BCUT2D eigenvalue weighted by molar-refractivity contribution is 7.73. The fraction of sp³-hybridized carbons (Fsp3) is 0.778. The molecule has 5 heteroatoms. The van der Waals surface area contributed by atoms with Gasteiger partial charge >= 0.3 is 0 Å². The molecule has 1 aliphatic rings. The number of hydrogen-bond donors (Lipinski definition) is 2. The van der Waals surface area contributed by atoms with Gasteiger partial charge in [-0.25, -0.2) is 0 Å². The molecule has 1 aliphatic carbocycles. The predicted molar refractivity (Wildman–Crippen MR) is 62.3 cm³/mol. The van der Waals surface area contributed by atoms with Gasteiger partial charge in [-0.2, -0.15) is 0 Å². The van der Waals surface area contributed by atoms with E-state index in [1.54, 1.807) is 0 Å². The van der Waals surface area contributed by atoms with Crippen LogP contribution in [0.4, 0.5) is 5.13 Å². The molecule has 1 aromatic rings. The summed E-state index contributed by atoms with van der Waals surface area (Å²) < 4.78 is 0.746. The highest BCUT2D eigenvalue weighted by Crippen LogP contribution is 2.27. The second-order valence-corrected chi connectivity index (χ2v) is 5.60. The molecule has 1 saturated carbocycles. The molecule has 0 amide bonds. The first-order valence-electron chi connectivity index (χ1n) is 5.08. The van der Waals surface area contributed by atoms with E-state index >= 15 is 0 Å². The van der Waals surface area contributed by atoms with Crippen molar-refractivity contribution in [1.82, 2.24) is 10.2 Å². The second-order valence-electron chi connectivity index (χ2n) is 3.93. The topological polar surface area (TPSA) is 40.7 Å². The van der Waals surface area contributed by atoms with E-state index in [1.807, 2.05) is 0 Å². The van der Waals surface area contributed by atoms with Crippen molar-refractivity contribution in [1.29, 1.82) is 0 Å². The molecule has 14 heavy (non-hydrogen) atoms. The number of H-pyrrole nitrogens is 1. The van der Waals surface area contributed by atoms with Crippen molar-refractivity contribution >= 4 is 28.7 Å². The summed E-state index contributed by atoms with van der Waals surface area (Å²) >= 11 is 6.51. The van der Waals surface area contributed by atoms with Crippen molar-refractivity contribution < 1.29 is 0 Å². The third-order valence-electron chi connectivity index (χ3n) is 2.86. The van der Waals surface area contributed by atoms with E-state index in [4.69, 9.17) is 12.2 Å². The number of rotatable bonds is 2. The van der Waals surface area contributed by atoms with Gasteiger partial charge in [-0.1, -0.05) is 31.1 Å². The molecule has 1 aromatic heterocycles. The minimum Gasteiger partial charge on any atom is -0.357 e. The van der Waals surface area contributed by atoms with E-state index in [9.17, 15) is 0 Å². The summed E-state index contributed by atoms with van der Waals surface area (Å²) in [6.45, 7) is 2.31. The minimum absolute atomic E-state index is 0.581. The lowest BCUT2D eigenvalue weighted by Gasteiger charge is -2.29. The van der Waals surface area contributed by atoms with E-state index in [0.717, 1.165) is 15.0 Å². The monoisotopic (exact) mass is 229 g/mol. The van der Waals surface area contributed by atoms with Crippen LogP contribution < -0.4 is 5.32 Å². The lowest BCUT2D eigenvalue weighted by Crippen LogP contribution is -2.30. The number of aromatic amines is 1. The van der Waals surface area contributed by atoms with Crippen molar-refractivity contribution in [3.8, 4) is 0 Å². The molecule has 0 radical (unpaired) electrons. The Balaban J connectivity index is 1.99. The van der Waals surface area contributed by atoms with Gasteiger partial charge in [-0.05, 0) is 31.0 Å². The zero-order valence-corrected chi connectivity index (χ0v) is 9.88. The molecule has 0 spiro atoms. The maximum absolute atomic E-state index is 4.99. The van der Waals surface area contributed by atoms with Crippen LogP contribution in [0.15, 0.2) is 0 Å². The first-order chi connectivity index (χ1) is 6.75. The largest absolute Gasteiger partial charge is 0.357 e. The van der Waals surface area contributed by atoms with Crippen LogP contribution in [0.25, 0.3) is 0 Å². The van der Waals surface area contributed by atoms with Crippen LogP contribution in [-0.4, -0.2) is 16.2 Å². The average Bonchev–Trinajstić information content (AvgIpc) is 2.56. The molecule has 0 bridgehead atoms. The first-order valence-corrected chi connectivity index (χ1v) is 6.30. The highest BCUT2D eigenvalue weighted by atomic mass is 32.1. The Morgan fingerprint density at radius 3 is 2.93 bits per heavy atom. The molecule has 3 nitrogen and oxygen atoms in total. The standard InChI is InChI=1S/C9H15N3S2/c1-6-4-2-3-5-7(6)10-8-11-12-9(13)14-8/h6-7H,2-5H2,1H3,(H,10,11)(H,12,13). The summed E-state index contributed by atoms with van der Waals surface area (Å²) in [6, 6.07) is 0.581. The summed E-state index contributed by atoms with van der Waals surface area (Å²) in [4.78, 5) is 0. The van der Waals surface area contributed by atoms with Crippen molar-refractivity contribution in [2.45, 2.75) is 38.6 Å². The summed E-state index contributed by atoms with van der Waals surface area (Å²) in [5.74, 6) is 0.751. The summed E-state index contributed by atoms with van der Waals surface area (Å²) in [5.41, 5.74) is 0. The molecular weight excluding hydrogens is 214 g/mol. The SMILES string of the molecule is CC1CCCCC1Nc1n[nH]c(=S)s1. The average molecular weight is 229 g/mol. The van der Waals surface area contributed by atoms with E-state index in [0.29, 0.717) is 6.04 Å². The third kappa shape index (κ3) is 2.33. The van der Waals surface area contributed by atoms with E-state index in [1.165, 1.54) is 37.0 Å². The lowest BCUT2D eigenvalue weighted by atomic mass is 9.86. The van der Waals surface area contributed by atoms with Crippen LogP contribution >= 0.6 is 23.6 Å². The quantitative estimate of drug-likeness (QED) is 0.765. The Morgan fingerprint density at radius 1 is 1.50 bits per heavy atom. The van der Waals surface area contributed by atoms with Crippen LogP contribution in [0.1, 0.15) is 32.6 Å². The van der Waals surface area contributed by atoms with Crippen LogP contribution in [0, 0.1) is 9.87 Å². The molecule has 2 rings (SSSR count). The van der Waals surface area contributed by atoms with Crippen LogP contribution in [0.2, 0.25) is 0 Å². The fourth-order valence-electron chi connectivity index (χ4n) is 1.98. The summed E-state index contributed by atoms with van der Waals surface area (Å²) in [6.07, 6.45) is 5.29. The van der Waals surface area contributed by atoms with Gasteiger partial charge in [0.25, 0.3) is 0 Å². The molecule has 78 valence electrons. The van der Waals surface area contributed by atoms with Gasteiger partial charge in [-0.15, -0.1) is 5.10 Å². The lowest BCUT2D eigenvalue weighted by molar-refractivity contribution is 0.349. The highest BCUT2D eigenvalue weighted by Gasteiger charge is 2.21. The van der Waals surface area contributed by atoms with Crippen LogP contribution in [0.3, 0.4) is 0 Å². The Kier molecular flexibility index (Phi) is 3.18. The number of nitrogens with zero attached hydrogens (tertiary/aromatic N) is 1. The van der Waals surface area contributed by atoms with Gasteiger partial charge in [-0.3, -0.25) is 5.10 Å². The maximum atomic E-state index is 4.99. The van der Waals surface area contributed by atoms with Gasteiger partial charge in [0.05, 0.1) is 0 Å². The zero-order chi connectivity index (χ0) is 9.97. The Labute approximate surface area is 92.9 Å². The van der Waals surface area contributed by atoms with E-state index in [2.05, 4.69) is 22.4 Å². The van der Waals surface area contributed by atoms with Crippen molar-refractivity contribution in [3.63, 3.8) is 0 Å². The number of aromatic nitrogens is 2. The molecule has 1 fully saturated rings. The predicted octanol–water partition coefficient (Wildman–Crippen LogP) is 3.19. The molecule has 1 heterocycles. The van der Waals surface area contributed by atoms with Crippen LogP contribution in [-0.2, 0) is 0 Å². The molecule has 2 atom stereocenters. The smallest absolute Gasteiger partial charge is 0.204 e. The normalized spacial score (nSPS) is 27.5. The summed E-state index contributed by atoms with van der Waals surface area (Å²) in [7, 11) is 0. The van der Waals surface area contributed by atoms with Gasteiger partial charge in [0.2, 0.25) is 5.13 Å². The fourth-order valence-corrected chi connectivity index (χ4v) is 2.83. The van der Waals surface area contributed by atoms with Crippen molar-refractivity contribution in [2.24, 2.45) is 5.92 Å². The minimum atomic E-state index is 0.581. The first kappa shape index (κ1) is 10.1. The maximum Gasteiger partial charge on any atom is 0.204 e. The molecule has 2 unspecified atom stereocenters. The Hall–Kier alpha value is -0.420. The Morgan fingerprint density at radius 2 is 2.29 bits per heavy atom. The van der Waals surface area contributed by atoms with E-state index in [-0.39, 0.29) is 0 Å². The molecule has 0 aromatic carbocycles.